The number of aryl methyl sites for hydroxylation is 1. The molecule has 1 aromatic carbocycles. The van der Waals surface area contributed by atoms with Gasteiger partial charge in [0.25, 0.3) is 5.56 Å². The fourth-order valence-electron chi connectivity index (χ4n) is 2.54. The Kier molecular flexibility index (Phi) is 4.01. The van der Waals surface area contributed by atoms with E-state index in [9.17, 15) is 4.79 Å². The Bertz CT molecular complexity index is 1070. The summed E-state index contributed by atoms with van der Waals surface area (Å²) in [4.78, 5) is 22.4. The maximum atomic E-state index is 11.7. The number of aromatic amines is 2. The average molecular weight is 353 g/mol. The number of nitrogen functional groups attached to an aromatic ring is 1. The molecule has 0 saturated carbocycles. The molecule has 4 aromatic rings. The van der Waals surface area contributed by atoms with E-state index in [0.29, 0.717) is 31.0 Å². The van der Waals surface area contributed by atoms with Crippen LogP contribution >= 0.6 is 0 Å². The Hall–Kier alpha value is -3.76. The molecule has 3 heterocycles. The first-order valence-electron chi connectivity index (χ1n) is 7.88. The van der Waals surface area contributed by atoms with E-state index in [-0.39, 0.29) is 17.0 Å². The lowest BCUT2D eigenvalue weighted by Crippen LogP contribution is -2.12. The minimum atomic E-state index is -0.343. The van der Waals surface area contributed by atoms with E-state index in [1.54, 1.807) is 10.9 Å². The Morgan fingerprint density at radius 2 is 2.08 bits per heavy atom. The molecule has 0 bridgehead atoms. The van der Waals surface area contributed by atoms with Gasteiger partial charge in [0.1, 0.15) is 5.75 Å². The van der Waals surface area contributed by atoms with Crippen LogP contribution < -0.4 is 16.0 Å². The summed E-state index contributed by atoms with van der Waals surface area (Å²) >= 11 is 0. The summed E-state index contributed by atoms with van der Waals surface area (Å²) in [5, 5.41) is 13.8. The predicted molar refractivity (Wildman–Crippen MR) is 92.3 cm³/mol. The van der Waals surface area contributed by atoms with E-state index in [0.717, 1.165) is 11.3 Å². The summed E-state index contributed by atoms with van der Waals surface area (Å²) in [5.74, 6) is 1.35. The zero-order chi connectivity index (χ0) is 17.9. The lowest BCUT2D eigenvalue weighted by atomic mass is 10.2. The van der Waals surface area contributed by atoms with Gasteiger partial charge in [-0.3, -0.25) is 9.78 Å². The molecule has 0 amide bonds. The summed E-state index contributed by atoms with van der Waals surface area (Å²) in [7, 11) is 0. The molecule has 0 spiro atoms. The van der Waals surface area contributed by atoms with Gasteiger partial charge in [-0.05, 0) is 35.9 Å². The first-order valence-corrected chi connectivity index (χ1v) is 7.88. The van der Waals surface area contributed by atoms with Crippen molar-refractivity contribution in [3.8, 4) is 17.1 Å². The van der Waals surface area contributed by atoms with Gasteiger partial charge in [-0.15, -0.1) is 10.2 Å². The second kappa shape index (κ2) is 6.63. The van der Waals surface area contributed by atoms with Crippen molar-refractivity contribution in [3.63, 3.8) is 0 Å². The molecule has 0 radical (unpaired) electrons. The van der Waals surface area contributed by atoms with Crippen LogP contribution in [-0.2, 0) is 6.54 Å². The van der Waals surface area contributed by atoms with E-state index in [1.165, 1.54) is 0 Å². The van der Waals surface area contributed by atoms with Gasteiger partial charge < -0.3 is 15.0 Å². The third kappa shape index (κ3) is 3.09. The van der Waals surface area contributed by atoms with Crippen LogP contribution in [0.1, 0.15) is 6.42 Å². The largest absolute Gasteiger partial charge is 0.494 e. The van der Waals surface area contributed by atoms with Crippen molar-refractivity contribution in [3.05, 3.63) is 40.9 Å². The molecule has 0 saturated heterocycles. The molecule has 3 aromatic heterocycles. The summed E-state index contributed by atoms with van der Waals surface area (Å²) in [6.45, 7) is 1.10. The number of tetrazole rings is 1. The Morgan fingerprint density at radius 1 is 1.23 bits per heavy atom. The van der Waals surface area contributed by atoms with Crippen molar-refractivity contribution in [2.45, 2.75) is 13.0 Å². The van der Waals surface area contributed by atoms with Crippen molar-refractivity contribution in [2.24, 2.45) is 0 Å². The van der Waals surface area contributed by atoms with E-state index in [2.05, 4.69) is 35.6 Å². The average Bonchev–Trinajstić information content (AvgIpc) is 3.30. The lowest BCUT2D eigenvalue weighted by Gasteiger charge is -2.07. The quantitative estimate of drug-likeness (QED) is 0.420. The van der Waals surface area contributed by atoms with Crippen LogP contribution in [0.3, 0.4) is 0 Å². The maximum absolute atomic E-state index is 11.7. The molecule has 4 N–H and O–H groups in total. The smallest absolute Gasteiger partial charge is 0.280 e. The fourth-order valence-corrected chi connectivity index (χ4v) is 2.54. The highest BCUT2D eigenvalue weighted by Crippen LogP contribution is 2.18. The molecular formula is C15H15N9O2. The number of anilines is 1. The zero-order valence-electron chi connectivity index (χ0n) is 13.6. The molecule has 4 rings (SSSR count). The zero-order valence-corrected chi connectivity index (χ0v) is 13.6. The Morgan fingerprint density at radius 3 is 2.85 bits per heavy atom. The van der Waals surface area contributed by atoms with Crippen molar-refractivity contribution in [1.29, 1.82) is 0 Å². The van der Waals surface area contributed by atoms with Crippen LogP contribution in [0.4, 0.5) is 5.95 Å². The second-order valence-corrected chi connectivity index (χ2v) is 5.52. The number of fused-ring (bicyclic) bond motifs is 1. The van der Waals surface area contributed by atoms with Gasteiger partial charge in [-0.25, -0.2) is 4.98 Å². The van der Waals surface area contributed by atoms with Crippen molar-refractivity contribution < 1.29 is 4.74 Å². The number of nitrogens with zero attached hydrogens (tertiary/aromatic N) is 6. The number of hydrogen-bond acceptors (Lipinski definition) is 8. The molecule has 0 aliphatic carbocycles. The normalized spacial score (nSPS) is 11.1. The van der Waals surface area contributed by atoms with Gasteiger partial charge in [0, 0.05) is 12.1 Å². The molecule has 0 aliphatic heterocycles. The van der Waals surface area contributed by atoms with Gasteiger partial charge in [-0.2, -0.15) is 10.2 Å². The van der Waals surface area contributed by atoms with Crippen LogP contribution in [0.5, 0.6) is 5.75 Å². The predicted octanol–water partition coefficient (Wildman–Crippen LogP) is 0.351. The second-order valence-electron chi connectivity index (χ2n) is 5.52. The van der Waals surface area contributed by atoms with Crippen molar-refractivity contribution >= 4 is 17.1 Å². The number of nitrogens with two attached hydrogens (primary N) is 1. The highest BCUT2D eigenvalue weighted by Gasteiger charge is 2.09. The van der Waals surface area contributed by atoms with Crippen molar-refractivity contribution in [2.75, 3.05) is 12.3 Å². The number of benzene rings is 1. The molecule has 11 heteroatoms. The Balaban J connectivity index is 1.35. The summed E-state index contributed by atoms with van der Waals surface area (Å²) in [6.07, 6.45) is 2.29. The standard InChI is InChI=1S/C15H15N9O2/c16-15-18-13-11(14(25)19-15)17-8-24(13)6-1-7-26-10-4-2-9(3-5-10)12-20-22-23-21-12/h2-5,8H,1,6-7H2,(H3,16,18,19,25)(H,20,21,22,23). The van der Waals surface area contributed by atoms with E-state index in [4.69, 9.17) is 10.5 Å². The summed E-state index contributed by atoms with van der Waals surface area (Å²) < 4.78 is 7.51. The number of H-pyrrole nitrogens is 2. The van der Waals surface area contributed by atoms with Crippen LogP contribution in [0, 0.1) is 0 Å². The number of ether oxygens (including phenoxy) is 1. The highest BCUT2D eigenvalue weighted by atomic mass is 16.5. The van der Waals surface area contributed by atoms with Gasteiger partial charge in [0.05, 0.1) is 12.9 Å². The number of hydrogen-bond donors (Lipinski definition) is 3. The van der Waals surface area contributed by atoms with Crippen LogP contribution in [0.25, 0.3) is 22.6 Å². The molecular weight excluding hydrogens is 338 g/mol. The van der Waals surface area contributed by atoms with Crippen LogP contribution in [-0.4, -0.2) is 46.8 Å². The number of imidazole rings is 1. The Labute approximate surface area is 146 Å². The lowest BCUT2D eigenvalue weighted by molar-refractivity contribution is 0.302. The molecule has 0 atom stereocenters. The van der Waals surface area contributed by atoms with Gasteiger partial charge >= 0.3 is 0 Å². The third-order valence-electron chi connectivity index (χ3n) is 3.76. The third-order valence-corrected chi connectivity index (χ3v) is 3.76. The monoisotopic (exact) mass is 353 g/mol. The fraction of sp³-hybridized carbons (Fsp3) is 0.200. The minimum absolute atomic E-state index is 0.0715. The van der Waals surface area contributed by atoms with Crippen LogP contribution in [0.2, 0.25) is 0 Å². The van der Waals surface area contributed by atoms with E-state index >= 15 is 0 Å². The summed E-state index contributed by atoms with van der Waals surface area (Å²) in [6, 6.07) is 7.42. The highest BCUT2D eigenvalue weighted by molar-refractivity contribution is 5.70. The van der Waals surface area contributed by atoms with Gasteiger partial charge in [0.15, 0.2) is 11.2 Å². The number of aromatic nitrogens is 8. The van der Waals surface area contributed by atoms with Crippen LogP contribution in [0.15, 0.2) is 35.4 Å². The molecule has 26 heavy (non-hydrogen) atoms. The molecule has 132 valence electrons. The van der Waals surface area contributed by atoms with E-state index in [1.807, 2.05) is 24.3 Å². The first kappa shape index (κ1) is 15.7. The van der Waals surface area contributed by atoms with Gasteiger partial charge in [-0.1, -0.05) is 0 Å². The number of rotatable bonds is 6. The first-order chi connectivity index (χ1) is 12.7. The minimum Gasteiger partial charge on any atom is -0.494 e. The number of nitrogens with one attached hydrogen (secondary N) is 2. The maximum Gasteiger partial charge on any atom is 0.280 e. The van der Waals surface area contributed by atoms with Crippen molar-refractivity contribution in [1.82, 2.24) is 40.1 Å². The molecule has 0 unspecified atom stereocenters. The molecule has 11 nitrogen and oxygen atoms in total. The SMILES string of the molecule is Nc1nc2c(ncn2CCCOc2ccc(-c3nn[nH]n3)cc2)c(=O)[nH]1. The molecule has 0 aliphatic rings. The summed E-state index contributed by atoms with van der Waals surface area (Å²) in [5.41, 5.74) is 6.84. The molecule has 0 fully saturated rings. The van der Waals surface area contributed by atoms with Gasteiger partial charge in [0.2, 0.25) is 11.8 Å². The topological polar surface area (TPSA) is 153 Å². The van der Waals surface area contributed by atoms with E-state index < -0.39 is 0 Å².